The molecule has 0 N–H and O–H groups in total. The highest BCUT2D eigenvalue weighted by molar-refractivity contribution is 5.03. The first-order valence-electron chi connectivity index (χ1n) is 6.04. The molecule has 0 atom stereocenters. The number of aromatic nitrogens is 1. The standard InChI is InChI=1S/C15H21NO/c1-13(2)7-6-8-14(3)10-12-16-11-5-4-9-15(16)17/h4-5,7,9-11H,6,8,12H2,1-3H3. The summed E-state index contributed by atoms with van der Waals surface area (Å²) in [5.41, 5.74) is 2.75. The highest BCUT2D eigenvalue weighted by Gasteiger charge is 1.92. The van der Waals surface area contributed by atoms with Crippen LogP contribution < -0.4 is 5.56 Å². The molecule has 0 unspecified atom stereocenters. The van der Waals surface area contributed by atoms with Crippen molar-refractivity contribution in [1.82, 2.24) is 4.57 Å². The van der Waals surface area contributed by atoms with Gasteiger partial charge in [0.15, 0.2) is 0 Å². The van der Waals surface area contributed by atoms with E-state index in [0.29, 0.717) is 6.54 Å². The predicted octanol–water partition coefficient (Wildman–Crippen LogP) is 3.54. The summed E-state index contributed by atoms with van der Waals surface area (Å²) in [6.07, 6.45) is 8.33. The monoisotopic (exact) mass is 231 g/mol. The smallest absolute Gasteiger partial charge is 0.250 e. The number of hydrogen-bond donors (Lipinski definition) is 0. The van der Waals surface area contributed by atoms with Gasteiger partial charge in [0.25, 0.3) is 5.56 Å². The first kappa shape index (κ1) is 13.5. The zero-order chi connectivity index (χ0) is 12.7. The fraction of sp³-hybridized carbons (Fsp3) is 0.400. The van der Waals surface area contributed by atoms with Crippen molar-refractivity contribution in [2.24, 2.45) is 0 Å². The molecule has 0 spiro atoms. The van der Waals surface area contributed by atoms with Gasteiger partial charge in [0, 0.05) is 18.8 Å². The highest BCUT2D eigenvalue weighted by Crippen LogP contribution is 2.06. The molecule has 1 rings (SSSR count). The summed E-state index contributed by atoms with van der Waals surface area (Å²) in [4.78, 5) is 11.5. The molecular weight excluding hydrogens is 210 g/mol. The third-order valence-electron chi connectivity index (χ3n) is 2.63. The van der Waals surface area contributed by atoms with Crippen molar-refractivity contribution >= 4 is 0 Å². The van der Waals surface area contributed by atoms with Crippen LogP contribution in [0.25, 0.3) is 0 Å². The maximum absolute atomic E-state index is 11.5. The molecule has 1 aromatic heterocycles. The number of rotatable bonds is 5. The van der Waals surface area contributed by atoms with Gasteiger partial charge in [-0.25, -0.2) is 0 Å². The second-order valence-electron chi connectivity index (χ2n) is 4.56. The Kier molecular flexibility index (Phi) is 5.47. The van der Waals surface area contributed by atoms with E-state index in [4.69, 9.17) is 0 Å². The Balaban J connectivity index is 2.51. The van der Waals surface area contributed by atoms with Gasteiger partial charge >= 0.3 is 0 Å². The molecule has 0 fully saturated rings. The largest absolute Gasteiger partial charge is 0.312 e. The van der Waals surface area contributed by atoms with Gasteiger partial charge in [0.05, 0.1) is 0 Å². The average molecular weight is 231 g/mol. The maximum atomic E-state index is 11.5. The van der Waals surface area contributed by atoms with Crippen LogP contribution in [0.1, 0.15) is 33.6 Å². The summed E-state index contributed by atoms with van der Waals surface area (Å²) >= 11 is 0. The zero-order valence-electron chi connectivity index (χ0n) is 10.9. The van der Waals surface area contributed by atoms with Gasteiger partial charge in [-0.15, -0.1) is 0 Å². The first-order valence-corrected chi connectivity index (χ1v) is 6.04. The molecule has 0 amide bonds. The highest BCUT2D eigenvalue weighted by atomic mass is 16.1. The van der Waals surface area contributed by atoms with E-state index in [2.05, 4.69) is 32.9 Å². The zero-order valence-corrected chi connectivity index (χ0v) is 10.9. The molecule has 0 aliphatic carbocycles. The van der Waals surface area contributed by atoms with Crippen LogP contribution in [0.5, 0.6) is 0 Å². The van der Waals surface area contributed by atoms with Gasteiger partial charge < -0.3 is 4.57 Å². The minimum absolute atomic E-state index is 0.0563. The van der Waals surface area contributed by atoms with Gasteiger partial charge in [-0.05, 0) is 39.7 Å². The van der Waals surface area contributed by atoms with Crippen molar-refractivity contribution in [2.75, 3.05) is 0 Å². The summed E-state index contributed by atoms with van der Waals surface area (Å²) in [6, 6.07) is 5.24. The molecule has 0 bridgehead atoms. The molecule has 0 aromatic carbocycles. The van der Waals surface area contributed by atoms with E-state index in [1.807, 2.05) is 12.3 Å². The summed E-state index contributed by atoms with van der Waals surface area (Å²) < 4.78 is 1.71. The third-order valence-corrected chi connectivity index (χ3v) is 2.63. The Labute approximate surface area is 103 Å². The Morgan fingerprint density at radius 2 is 2.00 bits per heavy atom. The number of allylic oxidation sites excluding steroid dienone is 4. The van der Waals surface area contributed by atoms with Gasteiger partial charge in [0.1, 0.15) is 0 Å². The van der Waals surface area contributed by atoms with Gasteiger partial charge in [-0.3, -0.25) is 4.79 Å². The summed E-state index contributed by atoms with van der Waals surface area (Å²) in [5, 5.41) is 0. The lowest BCUT2D eigenvalue weighted by atomic mass is 10.1. The van der Waals surface area contributed by atoms with Gasteiger partial charge in [-0.1, -0.05) is 29.4 Å². The number of nitrogens with zero attached hydrogens (tertiary/aromatic N) is 1. The lowest BCUT2D eigenvalue weighted by Crippen LogP contribution is -2.16. The molecule has 0 saturated heterocycles. The maximum Gasteiger partial charge on any atom is 0.250 e. The van der Waals surface area contributed by atoms with Crippen LogP contribution >= 0.6 is 0 Å². The number of hydrogen-bond acceptors (Lipinski definition) is 1. The molecule has 2 nitrogen and oxygen atoms in total. The van der Waals surface area contributed by atoms with Crippen molar-refractivity contribution < 1.29 is 0 Å². The van der Waals surface area contributed by atoms with Crippen molar-refractivity contribution in [1.29, 1.82) is 0 Å². The molecule has 1 heterocycles. The molecule has 92 valence electrons. The second kappa shape index (κ2) is 6.89. The van der Waals surface area contributed by atoms with E-state index in [-0.39, 0.29) is 5.56 Å². The molecule has 0 radical (unpaired) electrons. The van der Waals surface area contributed by atoms with Crippen LogP contribution in [0.15, 0.2) is 52.5 Å². The van der Waals surface area contributed by atoms with E-state index >= 15 is 0 Å². The van der Waals surface area contributed by atoms with Crippen LogP contribution in [-0.4, -0.2) is 4.57 Å². The van der Waals surface area contributed by atoms with Crippen LogP contribution in [0.4, 0.5) is 0 Å². The quantitative estimate of drug-likeness (QED) is 0.710. The van der Waals surface area contributed by atoms with E-state index in [1.54, 1.807) is 16.7 Å². The Morgan fingerprint density at radius 3 is 2.65 bits per heavy atom. The Hall–Kier alpha value is -1.57. The number of pyridine rings is 1. The second-order valence-corrected chi connectivity index (χ2v) is 4.56. The summed E-state index contributed by atoms with van der Waals surface area (Å²) in [7, 11) is 0. The fourth-order valence-electron chi connectivity index (χ4n) is 1.56. The normalized spacial score (nSPS) is 11.4. The molecule has 17 heavy (non-hydrogen) atoms. The fourth-order valence-corrected chi connectivity index (χ4v) is 1.56. The van der Waals surface area contributed by atoms with E-state index in [9.17, 15) is 4.79 Å². The molecular formula is C15H21NO. The molecule has 0 saturated carbocycles. The molecule has 0 aliphatic rings. The third kappa shape index (κ3) is 5.34. The van der Waals surface area contributed by atoms with Crippen LogP contribution in [0.2, 0.25) is 0 Å². The minimum atomic E-state index is 0.0563. The van der Waals surface area contributed by atoms with Crippen molar-refractivity contribution in [3.63, 3.8) is 0 Å². The predicted molar refractivity (Wildman–Crippen MR) is 73.1 cm³/mol. The van der Waals surface area contributed by atoms with Crippen molar-refractivity contribution in [2.45, 2.75) is 40.2 Å². The summed E-state index contributed by atoms with van der Waals surface area (Å²) in [5.74, 6) is 0. The molecule has 0 aliphatic heterocycles. The molecule has 1 aromatic rings. The van der Waals surface area contributed by atoms with Crippen LogP contribution in [-0.2, 0) is 6.54 Å². The van der Waals surface area contributed by atoms with E-state index < -0.39 is 0 Å². The SMILES string of the molecule is CC(C)=CCCC(C)=CCn1ccccc1=O. The molecule has 2 heteroatoms. The summed E-state index contributed by atoms with van der Waals surface area (Å²) in [6.45, 7) is 7.01. The lowest BCUT2D eigenvalue weighted by Gasteiger charge is -2.02. The van der Waals surface area contributed by atoms with Crippen LogP contribution in [0, 0.1) is 0 Å². The van der Waals surface area contributed by atoms with E-state index in [0.717, 1.165) is 12.8 Å². The average Bonchev–Trinajstić information content (AvgIpc) is 2.27. The van der Waals surface area contributed by atoms with Gasteiger partial charge in [0.2, 0.25) is 0 Å². The van der Waals surface area contributed by atoms with Crippen molar-refractivity contribution in [3.8, 4) is 0 Å². The van der Waals surface area contributed by atoms with Gasteiger partial charge in [-0.2, -0.15) is 0 Å². The Morgan fingerprint density at radius 1 is 1.24 bits per heavy atom. The Bertz CT molecular complexity index is 462. The van der Waals surface area contributed by atoms with E-state index in [1.165, 1.54) is 11.1 Å². The van der Waals surface area contributed by atoms with Crippen LogP contribution in [0.3, 0.4) is 0 Å². The topological polar surface area (TPSA) is 22.0 Å². The minimum Gasteiger partial charge on any atom is -0.312 e. The lowest BCUT2D eigenvalue weighted by molar-refractivity contribution is 0.768. The van der Waals surface area contributed by atoms with Crippen molar-refractivity contribution in [3.05, 3.63) is 58.0 Å². The first-order chi connectivity index (χ1) is 8.09.